The zero-order chi connectivity index (χ0) is 11.0. The van der Waals surface area contributed by atoms with Gasteiger partial charge < -0.3 is 4.74 Å². The van der Waals surface area contributed by atoms with Gasteiger partial charge in [0, 0.05) is 13.1 Å². The Kier molecular flexibility index (Phi) is 2.41. The van der Waals surface area contributed by atoms with E-state index < -0.39 is 5.97 Å². The van der Waals surface area contributed by atoms with Crippen LogP contribution in [0.1, 0.15) is 0 Å². The number of hydrogen-bond donors (Lipinski definition) is 2. The van der Waals surface area contributed by atoms with Gasteiger partial charge in [0.25, 0.3) is 0 Å². The molecule has 2 aliphatic rings. The largest absolute Gasteiger partial charge is 0.464 e. The number of thiol groups is 1. The molecule has 0 saturated carbocycles. The number of nitrogens with zero attached hydrogens (tertiary/aromatic N) is 3. The summed E-state index contributed by atoms with van der Waals surface area (Å²) in [7, 11) is 3.14. The SMILES string of the molecule is COC(=O)C1=NC2=CN(C)NN2C(S)=C1. The highest BCUT2D eigenvalue weighted by molar-refractivity contribution is 7.84. The topological polar surface area (TPSA) is 57.2 Å². The fourth-order valence-electron chi connectivity index (χ4n) is 1.27. The lowest BCUT2D eigenvalue weighted by molar-refractivity contribution is -0.132. The number of fused-ring (bicyclic) bond motifs is 1. The number of carbonyl (C=O) groups is 1. The van der Waals surface area contributed by atoms with Crippen LogP contribution in [0.2, 0.25) is 0 Å². The lowest BCUT2D eigenvalue weighted by atomic mass is 10.3. The molecule has 0 spiro atoms. The van der Waals surface area contributed by atoms with Crippen LogP contribution >= 0.6 is 12.6 Å². The number of aliphatic imine (C=N–C) groups is 1. The number of rotatable bonds is 1. The second-order valence-corrected chi connectivity index (χ2v) is 3.48. The smallest absolute Gasteiger partial charge is 0.356 e. The summed E-state index contributed by atoms with van der Waals surface area (Å²) >= 11 is 4.24. The van der Waals surface area contributed by atoms with E-state index in [1.807, 2.05) is 7.05 Å². The Morgan fingerprint density at radius 3 is 3.07 bits per heavy atom. The highest BCUT2D eigenvalue weighted by Gasteiger charge is 2.26. The van der Waals surface area contributed by atoms with E-state index >= 15 is 0 Å². The van der Waals surface area contributed by atoms with Crippen LogP contribution in [0.25, 0.3) is 0 Å². The maximum atomic E-state index is 11.3. The lowest BCUT2D eigenvalue weighted by Gasteiger charge is -2.23. The minimum Gasteiger partial charge on any atom is -0.464 e. The van der Waals surface area contributed by atoms with Crippen LogP contribution < -0.4 is 5.53 Å². The van der Waals surface area contributed by atoms with E-state index in [0.717, 1.165) is 0 Å². The van der Waals surface area contributed by atoms with Crippen molar-refractivity contribution in [3.05, 3.63) is 23.1 Å². The summed E-state index contributed by atoms with van der Waals surface area (Å²) in [5, 5.41) is 3.94. The molecule has 2 rings (SSSR count). The first-order valence-electron chi connectivity index (χ1n) is 4.20. The number of ether oxygens (including phenoxy) is 1. The van der Waals surface area contributed by atoms with Crippen molar-refractivity contribution in [3.63, 3.8) is 0 Å². The van der Waals surface area contributed by atoms with Gasteiger partial charge in [-0.3, -0.25) is 5.01 Å². The van der Waals surface area contributed by atoms with Crippen LogP contribution in [0.5, 0.6) is 0 Å². The van der Waals surface area contributed by atoms with Gasteiger partial charge in [0.15, 0.2) is 11.5 Å². The van der Waals surface area contributed by atoms with E-state index in [0.29, 0.717) is 10.9 Å². The second-order valence-electron chi connectivity index (χ2n) is 3.02. The van der Waals surface area contributed by atoms with Crippen LogP contribution in [-0.2, 0) is 9.53 Å². The Hall–Kier alpha value is -1.47. The summed E-state index contributed by atoms with van der Waals surface area (Å²) in [5.74, 6) is 0.127. The average molecular weight is 226 g/mol. The van der Waals surface area contributed by atoms with E-state index in [9.17, 15) is 4.79 Å². The van der Waals surface area contributed by atoms with Gasteiger partial charge in [-0.15, -0.1) is 18.2 Å². The summed E-state index contributed by atoms with van der Waals surface area (Å²) in [4.78, 5) is 15.4. The molecule has 0 aromatic heterocycles. The van der Waals surface area contributed by atoms with Gasteiger partial charge in [0.2, 0.25) is 0 Å². The van der Waals surface area contributed by atoms with Crippen LogP contribution in [0.15, 0.2) is 28.1 Å². The molecule has 2 heterocycles. The molecule has 0 fully saturated rings. The van der Waals surface area contributed by atoms with Crippen molar-refractivity contribution in [2.24, 2.45) is 4.99 Å². The van der Waals surface area contributed by atoms with Gasteiger partial charge in [-0.2, -0.15) is 0 Å². The molecule has 7 heteroatoms. The molecule has 0 unspecified atom stereocenters. The number of methoxy groups -OCH3 is 1. The van der Waals surface area contributed by atoms with Gasteiger partial charge in [-0.1, -0.05) is 0 Å². The molecule has 0 bridgehead atoms. The number of hydrazine groups is 2. The third-order valence-electron chi connectivity index (χ3n) is 1.92. The molecule has 0 radical (unpaired) electrons. The van der Waals surface area contributed by atoms with Gasteiger partial charge in [0.05, 0.1) is 18.3 Å². The minimum atomic E-state index is -0.475. The summed E-state index contributed by atoms with van der Waals surface area (Å²) in [6.07, 6.45) is 3.28. The Morgan fingerprint density at radius 2 is 2.40 bits per heavy atom. The number of hydrogen-bond acceptors (Lipinski definition) is 7. The zero-order valence-electron chi connectivity index (χ0n) is 8.26. The molecule has 6 nitrogen and oxygen atoms in total. The number of esters is 1. The van der Waals surface area contributed by atoms with Crippen molar-refractivity contribution in [2.75, 3.05) is 14.2 Å². The van der Waals surface area contributed by atoms with Crippen molar-refractivity contribution in [1.29, 1.82) is 0 Å². The minimum absolute atomic E-state index is 0.238. The summed E-state index contributed by atoms with van der Waals surface area (Å²) < 4.78 is 4.59. The third kappa shape index (κ3) is 1.71. The van der Waals surface area contributed by atoms with Crippen molar-refractivity contribution >= 4 is 24.3 Å². The van der Waals surface area contributed by atoms with Crippen LogP contribution in [0.4, 0.5) is 0 Å². The first kappa shape index (κ1) is 10.1. The van der Waals surface area contributed by atoms with E-state index in [1.165, 1.54) is 7.11 Å². The molecule has 0 aromatic rings. The van der Waals surface area contributed by atoms with E-state index in [-0.39, 0.29) is 5.71 Å². The highest BCUT2D eigenvalue weighted by atomic mass is 32.1. The Balaban J connectivity index is 2.34. The molecule has 1 N–H and O–H groups in total. The van der Waals surface area contributed by atoms with E-state index in [1.54, 1.807) is 22.3 Å². The molecule has 0 amide bonds. The van der Waals surface area contributed by atoms with E-state index in [2.05, 4.69) is 27.9 Å². The highest BCUT2D eigenvalue weighted by Crippen LogP contribution is 2.24. The first-order chi connectivity index (χ1) is 7.11. The van der Waals surface area contributed by atoms with Gasteiger partial charge in [-0.25, -0.2) is 14.8 Å². The van der Waals surface area contributed by atoms with Crippen LogP contribution in [0, 0.1) is 0 Å². The maximum Gasteiger partial charge on any atom is 0.356 e. The predicted octanol–water partition coefficient (Wildman–Crippen LogP) is -0.149. The molecule has 0 aliphatic carbocycles. The average Bonchev–Trinajstić information content (AvgIpc) is 2.58. The van der Waals surface area contributed by atoms with Crippen LogP contribution in [-0.4, -0.2) is 35.9 Å². The van der Waals surface area contributed by atoms with E-state index in [4.69, 9.17) is 0 Å². The summed E-state index contributed by atoms with van der Waals surface area (Å²) in [5.41, 5.74) is 3.19. The molecule has 80 valence electrons. The number of carbonyl (C=O) groups excluding carboxylic acids is 1. The zero-order valence-corrected chi connectivity index (χ0v) is 9.15. The van der Waals surface area contributed by atoms with Crippen molar-refractivity contribution < 1.29 is 9.53 Å². The molecule has 0 atom stereocenters. The molecular weight excluding hydrogens is 216 g/mol. The molecular formula is C8H10N4O2S. The third-order valence-corrected chi connectivity index (χ3v) is 2.25. The van der Waals surface area contributed by atoms with Crippen molar-refractivity contribution in [3.8, 4) is 0 Å². The quantitative estimate of drug-likeness (QED) is 0.481. The molecule has 0 aromatic carbocycles. The van der Waals surface area contributed by atoms with Crippen molar-refractivity contribution in [2.45, 2.75) is 0 Å². The normalized spacial score (nSPS) is 19.3. The Bertz CT molecular complexity index is 401. The summed E-state index contributed by atoms with van der Waals surface area (Å²) in [6.45, 7) is 0. The van der Waals surface area contributed by atoms with Gasteiger partial charge in [-0.05, 0) is 0 Å². The molecule has 2 aliphatic heterocycles. The van der Waals surface area contributed by atoms with Crippen LogP contribution in [0.3, 0.4) is 0 Å². The Morgan fingerprint density at radius 1 is 1.67 bits per heavy atom. The summed E-state index contributed by atoms with van der Waals surface area (Å²) in [6, 6.07) is 0. The maximum absolute atomic E-state index is 11.3. The molecule has 15 heavy (non-hydrogen) atoms. The van der Waals surface area contributed by atoms with Gasteiger partial charge >= 0.3 is 5.97 Å². The monoisotopic (exact) mass is 226 g/mol. The standard InChI is InChI=1S/C8H10N4O2S/c1-11-4-6-9-5(8(13)14-2)3-7(15)12(6)10-11/h3-4,10,15H,1-2H3. The first-order valence-corrected chi connectivity index (χ1v) is 4.65. The second kappa shape index (κ2) is 3.59. The lowest BCUT2D eigenvalue weighted by Crippen LogP contribution is -2.38. The van der Waals surface area contributed by atoms with Gasteiger partial charge in [0.1, 0.15) is 0 Å². The van der Waals surface area contributed by atoms with Crippen molar-refractivity contribution in [1.82, 2.24) is 15.6 Å². The number of nitrogens with one attached hydrogen (secondary N) is 1. The predicted molar refractivity (Wildman–Crippen MR) is 57.3 cm³/mol. The Labute approximate surface area is 92.2 Å². The molecule has 0 saturated heterocycles. The fraction of sp³-hybridized carbons (Fsp3) is 0.250. The fourth-order valence-corrected chi connectivity index (χ4v) is 1.54.